The summed E-state index contributed by atoms with van der Waals surface area (Å²) in [5.74, 6) is -0.0426. The minimum atomic E-state index is -0.359. The van der Waals surface area contributed by atoms with Gasteiger partial charge in [-0.2, -0.15) is 0 Å². The SMILES string of the molecule is O=c1cc(-c2ccccc2)oc2c(CNCc3ccccc3)c(O)cc(O)c12. The minimum absolute atomic E-state index is 0.0639. The van der Waals surface area contributed by atoms with Crippen LogP contribution in [0, 0.1) is 0 Å². The first kappa shape index (κ1) is 17.8. The molecule has 4 rings (SSSR count). The second-order valence-electron chi connectivity index (χ2n) is 6.53. The van der Waals surface area contributed by atoms with Gasteiger partial charge in [0.2, 0.25) is 0 Å². The standard InChI is InChI=1S/C23H19NO4/c25-18-11-19(26)22-20(27)12-21(16-9-5-2-6-10-16)28-23(22)17(18)14-24-13-15-7-3-1-4-8-15/h1-12,24-26H,13-14H2. The van der Waals surface area contributed by atoms with E-state index in [1.807, 2.05) is 60.7 Å². The predicted molar refractivity (Wildman–Crippen MR) is 108 cm³/mol. The fraction of sp³-hybridized carbons (Fsp3) is 0.0870. The van der Waals surface area contributed by atoms with Crippen LogP contribution in [0.3, 0.4) is 0 Å². The summed E-state index contributed by atoms with van der Waals surface area (Å²) in [4.78, 5) is 12.6. The molecule has 0 aliphatic rings. The van der Waals surface area contributed by atoms with E-state index in [1.165, 1.54) is 12.1 Å². The highest BCUT2D eigenvalue weighted by atomic mass is 16.3. The second-order valence-corrected chi connectivity index (χ2v) is 6.53. The number of hydrogen-bond acceptors (Lipinski definition) is 5. The van der Waals surface area contributed by atoms with Gasteiger partial charge in [-0.25, -0.2) is 0 Å². The smallest absolute Gasteiger partial charge is 0.197 e. The van der Waals surface area contributed by atoms with Gasteiger partial charge < -0.3 is 19.9 Å². The van der Waals surface area contributed by atoms with E-state index in [4.69, 9.17) is 4.42 Å². The van der Waals surface area contributed by atoms with Gasteiger partial charge in [0.25, 0.3) is 0 Å². The number of aromatic hydroxyl groups is 2. The fourth-order valence-electron chi connectivity index (χ4n) is 3.20. The van der Waals surface area contributed by atoms with Crippen LogP contribution in [0.25, 0.3) is 22.3 Å². The summed E-state index contributed by atoms with van der Waals surface area (Å²) >= 11 is 0. The summed E-state index contributed by atoms with van der Waals surface area (Å²) in [5.41, 5.74) is 2.09. The van der Waals surface area contributed by atoms with Crippen molar-refractivity contribution in [2.75, 3.05) is 0 Å². The van der Waals surface area contributed by atoms with Crippen LogP contribution in [0.4, 0.5) is 0 Å². The number of fused-ring (bicyclic) bond motifs is 1. The highest BCUT2D eigenvalue weighted by Gasteiger charge is 2.18. The Morgan fingerprint density at radius 1 is 0.821 bits per heavy atom. The lowest BCUT2D eigenvalue weighted by Gasteiger charge is -2.12. The minimum Gasteiger partial charge on any atom is -0.507 e. The molecule has 0 saturated heterocycles. The summed E-state index contributed by atoms with van der Waals surface area (Å²) in [7, 11) is 0. The van der Waals surface area contributed by atoms with Crippen molar-refractivity contribution in [3.8, 4) is 22.8 Å². The van der Waals surface area contributed by atoms with Gasteiger partial charge >= 0.3 is 0 Å². The molecule has 140 valence electrons. The molecular weight excluding hydrogens is 354 g/mol. The zero-order chi connectivity index (χ0) is 19.5. The van der Waals surface area contributed by atoms with Gasteiger partial charge in [0, 0.05) is 30.8 Å². The third-order valence-corrected chi connectivity index (χ3v) is 4.59. The largest absolute Gasteiger partial charge is 0.507 e. The van der Waals surface area contributed by atoms with Crippen LogP contribution in [0.5, 0.6) is 11.5 Å². The fourth-order valence-corrected chi connectivity index (χ4v) is 3.20. The van der Waals surface area contributed by atoms with Crippen molar-refractivity contribution in [2.45, 2.75) is 13.1 Å². The van der Waals surface area contributed by atoms with Gasteiger partial charge in [-0.3, -0.25) is 4.79 Å². The van der Waals surface area contributed by atoms with E-state index in [2.05, 4.69) is 5.32 Å². The Hall–Kier alpha value is -3.57. The highest BCUT2D eigenvalue weighted by molar-refractivity contribution is 5.89. The molecule has 0 spiro atoms. The summed E-state index contributed by atoms with van der Waals surface area (Å²) in [6.07, 6.45) is 0. The van der Waals surface area contributed by atoms with E-state index >= 15 is 0 Å². The van der Waals surface area contributed by atoms with Crippen LogP contribution in [0.2, 0.25) is 0 Å². The zero-order valence-electron chi connectivity index (χ0n) is 15.1. The molecule has 1 aromatic heterocycles. The van der Waals surface area contributed by atoms with E-state index in [-0.39, 0.29) is 34.4 Å². The van der Waals surface area contributed by atoms with Gasteiger partial charge in [-0.1, -0.05) is 60.7 Å². The molecule has 0 fully saturated rings. The van der Waals surface area contributed by atoms with E-state index in [0.717, 1.165) is 11.1 Å². The monoisotopic (exact) mass is 373 g/mol. The number of nitrogens with one attached hydrogen (secondary N) is 1. The maximum atomic E-state index is 12.6. The molecule has 0 aliphatic heterocycles. The summed E-state index contributed by atoms with van der Waals surface area (Å²) in [6, 6.07) is 21.6. The van der Waals surface area contributed by atoms with Crippen LogP contribution >= 0.6 is 0 Å². The molecule has 0 amide bonds. The number of phenolic OH excluding ortho intramolecular Hbond substituents is 2. The number of phenols is 2. The quantitative estimate of drug-likeness (QED) is 0.489. The molecule has 0 aliphatic carbocycles. The molecular formula is C23H19NO4. The van der Waals surface area contributed by atoms with Crippen molar-refractivity contribution in [3.05, 3.63) is 94.1 Å². The Morgan fingerprint density at radius 3 is 2.21 bits per heavy atom. The summed E-state index contributed by atoms with van der Waals surface area (Å²) in [5, 5.41) is 23.9. The second kappa shape index (κ2) is 7.58. The van der Waals surface area contributed by atoms with Crippen molar-refractivity contribution in [2.24, 2.45) is 0 Å². The number of hydrogen-bond donors (Lipinski definition) is 3. The Kier molecular flexibility index (Phi) is 4.83. The molecule has 3 aromatic carbocycles. The van der Waals surface area contributed by atoms with Crippen molar-refractivity contribution in [1.29, 1.82) is 0 Å². The first-order valence-corrected chi connectivity index (χ1v) is 8.95. The van der Waals surface area contributed by atoms with Crippen molar-refractivity contribution in [1.82, 2.24) is 5.32 Å². The average Bonchev–Trinajstić information content (AvgIpc) is 2.71. The van der Waals surface area contributed by atoms with E-state index < -0.39 is 0 Å². The molecule has 5 nitrogen and oxygen atoms in total. The molecule has 3 N–H and O–H groups in total. The van der Waals surface area contributed by atoms with Crippen LogP contribution < -0.4 is 10.7 Å². The number of rotatable bonds is 5. The maximum absolute atomic E-state index is 12.6. The molecule has 0 atom stereocenters. The Labute approximate surface area is 161 Å². The van der Waals surface area contributed by atoms with Gasteiger partial charge in [0.1, 0.15) is 22.6 Å². The van der Waals surface area contributed by atoms with E-state index in [1.54, 1.807) is 0 Å². The Morgan fingerprint density at radius 2 is 1.50 bits per heavy atom. The predicted octanol–water partition coefficient (Wildman–Crippen LogP) is 4.16. The van der Waals surface area contributed by atoms with E-state index in [9.17, 15) is 15.0 Å². The lowest BCUT2D eigenvalue weighted by molar-refractivity contribution is 0.444. The molecule has 28 heavy (non-hydrogen) atoms. The number of benzene rings is 3. The van der Waals surface area contributed by atoms with Crippen LogP contribution in [0.15, 0.2) is 82.0 Å². The summed E-state index contributed by atoms with van der Waals surface area (Å²) < 4.78 is 5.96. The molecule has 0 saturated carbocycles. The first-order chi connectivity index (χ1) is 13.6. The van der Waals surface area contributed by atoms with Gasteiger partial charge in [0.05, 0.1) is 5.56 Å². The highest BCUT2D eigenvalue weighted by Crippen LogP contribution is 2.35. The maximum Gasteiger partial charge on any atom is 0.197 e. The topological polar surface area (TPSA) is 82.7 Å². The van der Waals surface area contributed by atoms with Crippen LogP contribution in [-0.4, -0.2) is 10.2 Å². The van der Waals surface area contributed by atoms with Gasteiger partial charge in [0.15, 0.2) is 11.0 Å². The molecule has 0 bridgehead atoms. The zero-order valence-corrected chi connectivity index (χ0v) is 15.1. The van der Waals surface area contributed by atoms with Crippen molar-refractivity contribution >= 4 is 11.0 Å². The van der Waals surface area contributed by atoms with E-state index in [0.29, 0.717) is 17.9 Å². The average molecular weight is 373 g/mol. The van der Waals surface area contributed by atoms with Crippen molar-refractivity contribution < 1.29 is 14.6 Å². The van der Waals surface area contributed by atoms with Gasteiger partial charge in [-0.05, 0) is 5.56 Å². The van der Waals surface area contributed by atoms with Crippen molar-refractivity contribution in [3.63, 3.8) is 0 Å². The third kappa shape index (κ3) is 3.48. The normalized spacial score (nSPS) is 11.0. The molecule has 0 unspecified atom stereocenters. The Bertz CT molecular complexity index is 1170. The lowest BCUT2D eigenvalue weighted by atomic mass is 10.1. The Balaban J connectivity index is 1.76. The summed E-state index contributed by atoms with van der Waals surface area (Å²) in [6.45, 7) is 0.865. The molecule has 1 heterocycles. The van der Waals surface area contributed by atoms with Crippen LogP contribution in [-0.2, 0) is 13.1 Å². The third-order valence-electron chi connectivity index (χ3n) is 4.59. The first-order valence-electron chi connectivity index (χ1n) is 8.95. The van der Waals surface area contributed by atoms with Crippen LogP contribution in [0.1, 0.15) is 11.1 Å². The molecule has 4 aromatic rings. The molecule has 5 heteroatoms. The van der Waals surface area contributed by atoms with Gasteiger partial charge in [-0.15, -0.1) is 0 Å². The molecule has 0 radical (unpaired) electrons. The lowest BCUT2D eigenvalue weighted by Crippen LogP contribution is -2.14.